The zero-order valence-electron chi connectivity index (χ0n) is 25.2. The zero-order valence-corrected chi connectivity index (χ0v) is 27.6. The average Bonchev–Trinajstić information content (AvgIpc) is 3.01. The van der Waals surface area contributed by atoms with Crippen LogP contribution in [0.1, 0.15) is 35.6 Å². The van der Waals surface area contributed by atoms with Crippen molar-refractivity contribution in [1.82, 2.24) is 10.2 Å². The van der Waals surface area contributed by atoms with E-state index >= 15 is 0 Å². The second-order valence-electron chi connectivity index (χ2n) is 10.8. The van der Waals surface area contributed by atoms with Crippen LogP contribution in [0.5, 0.6) is 0 Å². The first-order valence-electron chi connectivity index (χ1n) is 14.6. The molecule has 0 spiro atoms. The standard InChI is InChI=1S/C35H38BrN3O4S/c1-4-20-37-35(41)33(22-28-11-6-5-7-12-28)38(24-29-13-8-10-27(3)21-29)34(40)25-39(31-15-9-14-30(36)23-31)44(42,43)32-18-16-26(2)17-19-32/h5-19,21,23,33H,4,20,22,24-25H2,1-3H3,(H,37,41). The van der Waals surface area contributed by atoms with Gasteiger partial charge in [-0.2, -0.15) is 0 Å². The van der Waals surface area contributed by atoms with Gasteiger partial charge in [0, 0.05) is 24.0 Å². The molecule has 9 heteroatoms. The number of sulfonamides is 1. The largest absolute Gasteiger partial charge is 0.354 e. The van der Waals surface area contributed by atoms with E-state index in [-0.39, 0.29) is 23.8 Å². The molecule has 0 aliphatic rings. The first kappa shape index (κ1) is 33.0. The molecule has 1 atom stereocenters. The maximum absolute atomic E-state index is 14.5. The van der Waals surface area contributed by atoms with Gasteiger partial charge in [0.15, 0.2) is 0 Å². The van der Waals surface area contributed by atoms with Crippen molar-refractivity contribution in [1.29, 1.82) is 0 Å². The van der Waals surface area contributed by atoms with Crippen LogP contribution in [-0.4, -0.2) is 44.3 Å². The lowest BCUT2D eigenvalue weighted by molar-refractivity contribution is -0.140. The molecular formula is C35H38BrN3O4S. The molecule has 4 aromatic carbocycles. The number of nitrogens with zero attached hydrogens (tertiary/aromatic N) is 2. The molecule has 230 valence electrons. The van der Waals surface area contributed by atoms with E-state index in [1.165, 1.54) is 4.90 Å². The molecule has 0 aliphatic carbocycles. The fourth-order valence-corrected chi connectivity index (χ4v) is 6.72. The first-order chi connectivity index (χ1) is 21.1. The molecule has 4 rings (SSSR count). The van der Waals surface area contributed by atoms with Gasteiger partial charge in [-0.1, -0.05) is 107 Å². The molecule has 0 radical (unpaired) electrons. The fraction of sp³-hybridized carbons (Fsp3) is 0.257. The number of carbonyl (C=O) groups is 2. The number of nitrogens with one attached hydrogen (secondary N) is 1. The molecule has 4 aromatic rings. The number of halogens is 1. The summed E-state index contributed by atoms with van der Waals surface area (Å²) < 4.78 is 30.0. The van der Waals surface area contributed by atoms with Crippen molar-refractivity contribution < 1.29 is 18.0 Å². The highest BCUT2D eigenvalue weighted by Crippen LogP contribution is 2.27. The van der Waals surface area contributed by atoms with Gasteiger partial charge in [-0.15, -0.1) is 0 Å². The maximum atomic E-state index is 14.5. The molecule has 0 aromatic heterocycles. The van der Waals surface area contributed by atoms with Crippen LogP contribution in [0.3, 0.4) is 0 Å². The first-order valence-corrected chi connectivity index (χ1v) is 16.8. The minimum Gasteiger partial charge on any atom is -0.354 e. The zero-order chi connectivity index (χ0) is 31.7. The van der Waals surface area contributed by atoms with Crippen molar-refractivity contribution >= 4 is 43.5 Å². The van der Waals surface area contributed by atoms with Crippen molar-refractivity contribution in [3.63, 3.8) is 0 Å². The number of amides is 2. The van der Waals surface area contributed by atoms with E-state index < -0.39 is 28.5 Å². The Kier molecular flexibility index (Phi) is 11.4. The van der Waals surface area contributed by atoms with Crippen LogP contribution in [0.25, 0.3) is 0 Å². The van der Waals surface area contributed by atoms with Crippen LogP contribution in [0.4, 0.5) is 5.69 Å². The van der Waals surface area contributed by atoms with Crippen molar-refractivity contribution in [2.75, 3.05) is 17.4 Å². The normalized spacial score (nSPS) is 11.9. The van der Waals surface area contributed by atoms with E-state index in [2.05, 4.69) is 21.2 Å². The van der Waals surface area contributed by atoms with E-state index in [1.807, 2.05) is 75.4 Å². The van der Waals surface area contributed by atoms with Gasteiger partial charge in [0.1, 0.15) is 12.6 Å². The second-order valence-corrected chi connectivity index (χ2v) is 13.6. The van der Waals surface area contributed by atoms with E-state index in [0.717, 1.165) is 33.0 Å². The van der Waals surface area contributed by atoms with Gasteiger partial charge in [0.05, 0.1) is 10.6 Å². The van der Waals surface area contributed by atoms with Gasteiger partial charge in [-0.25, -0.2) is 8.42 Å². The third-order valence-electron chi connectivity index (χ3n) is 7.24. The van der Waals surface area contributed by atoms with Crippen LogP contribution >= 0.6 is 15.9 Å². The lowest BCUT2D eigenvalue weighted by Gasteiger charge is -2.34. The van der Waals surface area contributed by atoms with Crippen LogP contribution in [0.15, 0.2) is 112 Å². The van der Waals surface area contributed by atoms with Gasteiger partial charge in [0.25, 0.3) is 10.0 Å². The quantitative estimate of drug-likeness (QED) is 0.177. The lowest BCUT2D eigenvalue weighted by Crippen LogP contribution is -2.53. The Labute approximate surface area is 269 Å². The molecule has 1 N–H and O–H groups in total. The van der Waals surface area contributed by atoms with E-state index in [1.54, 1.807) is 48.5 Å². The third-order valence-corrected chi connectivity index (χ3v) is 9.52. The summed E-state index contributed by atoms with van der Waals surface area (Å²) in [5, 5.41) is 2.97. The number of carbonyl (C=O) groups excluding carboxylic acids is 2. The lowest BCUT2D eigenvalue weighted by atomic mass is 10.0. The van der Waals surface area contributed by atoms with Gasteiger partial charge >= 0.3 is 0 Å². The SMILES string of the molecule is CCCNC(=O)C(Cc1ccccc1)N(Cc1cccc(C)c1)C(=O)CN(c1cccc(Br)c1)S(=O)(=O)c1ccc(C)cc1. The molecule has 0 heterocycles. The number of anilines is 1. The van der Waals surface area contributed by atoms with Crippen molar-refractivity contribution in [3.8, 4) is 0 Å². The summed E-state index contributed by atoms with van der Waals surface area (Å²) in [5.74, 6) is -0.776. The second kappa shape index (κ2) is 15.2. The highest BCUT2D eigenvalue weighted by atomic mass is 79.9. The summed E-state index contributed by atoms with van der Waals surface area (Å²) in [5.41, 5.74) is 4.00. The summed E-state index contributed by atoms with van der Waals surface area (Å²) in [6, 6.07) is 29.8. The Hall–Kier alpha value is -3.95. The number of rotatable bonds is 13. The van der Waals surface area contributed by atoms with Gasteiger partial charge in [-0.05, 0) is 61.7 Å². The molecule has 0 bridgehead atoms. The highest BCUT2D eigenvalue weighted by Gasteiger charge is 2.34. The highest BCUT2D eigenvalue weighted by molar-refractivity contribution is 9.10. The van der Waals surface area contributed by atoms with E-state index in [9.17, 15) is 18.0 Å². The molecule has 2 amide bonds. The van der Waals surface area contributed by atoms with Crippen LogP contribution in [0, 0.1) is 13.8 Å². The maximum Gasteiger partial charge on any atom is 0.264 e. The Morgan fingerprint density at radius 1 is 0.818 bits per heavy atom. The number of benzene rings is 4. The number of hydrogen-bond acceptors (Lipinski definition) is 4. The molecule has 0 saturated heterocycles. The Bertz CT molecular complexity index is 1680. The molecule has 0 saturated carbocycles. The summed E-state index contributed by atoms with van der Waals surface area (Å²) in [6.07, 6.45) is 1.01. The monoisotopic (exact) mass is 675 g/mol. The van der Waals surface area contributed by atoms with Crippen LogP contribution in [0.2, 0.25) is 0 Å². The predicted molar refractivity (Wildman–Crippen MR) is 179 cm³/mol. The van der Waals surface area contributed by atoms with Crippen LogP contribution in [-0.2, 0) is 32.6 Å². The summed E-state index contributed by atoms with van der Waals surface area (Å²) in [4.78, 5) is 29.8. The third kappa shape index (κ3) is 8.57. The summed E-state index contributed by atoms with van der Waals surface area (Å²) in [7, 11) is -4.15. The van der Waals surface area contributed by atoms with Gasteiger partial charge in [-0.3, -0.25) is 13.9 Å². The van der Waals surface area contributed by atoms with Crippen LogP contribution < -0.4 is 9.62 Å². The van der Waals surface area contributed by atoms with Crippen molar-refractivity contribution in [2.24, 2.45) is 0 Å². The minimum absolute atomic E-state index is 0.0719. The number of aryl methyl sites for hydroxylation is 2. The van der Waals surface area contributed by atoms with Gasteiger partial charge in [0.2, 0.25) is 11.8 Å². The van der Waals surface area contributed by atoms with Gasteiger partial charge < -0.3 is 10.2 Å². The minimum atomic E-state index is -4.15. The van der Waals surface area contributed by atoms with Crippen molar-refractivity contribution in [2.45, 2.75) is 51.1 Å². The number of hydrogen-bond donors (Lipinski definition) is 1. The summed E-state index contributed by atoms with van der Waals surface area (Å²) in [6.45, 7) is 5.91. The van der Waals surface area contributed by atoms with Crippen molar-refractivity contribution in [3.05, 3.63) is 130 Å². The molecular weight excluding hydrogens is 638 g/mol. The predicted octanol–water partition coefficient (Wildman–Crippen LogP) is 6.43. The Morgan fingerprint density at radius 3 is 2.16 bits per heavy atom. The molecule has 44 heavy (non-hydrogen) atoms. The Morgan fingerprint density at radius 2 is 1.50 bits per heavy atom. The summed E-state index contributed by atoms with van der Waals surface area (Å²) >= 11 is 3.44. The molecule has 7 nitrogen and oxygen atoms in total. The Balaban J connectivity index is 1.80. The smallest absolute Gasteiger partial charge is 0.264 e. The van der Waals surface area contributed by atoms with E-state index in [0.29, 0.717) is 16.7 Å². The molecule has 0 aliphatic heterocycles. The van der Waals surface area contributed by atoms with E-state index in [4.69, 9.17) is 0 Å². The molecule has 1 unspecified atom stereocenters. The average molecular weight is 677 g/mol. The molecule has 0 fully saturated rings. The topological polar surface area (TPSA) is 86.8 Å². The fourth-order valence-electron chi connectivity index (χ4n) is 4.92.